The fourth-order valence-electron chi connectivity index (χ4n) is 3.10. The first-order valence-electron chi connectivity index (χ1n) is 8.76. The molecule has 1 fully saturated rings. The van der Waals surface area contributed by atoms with Crippen LogP contribution in [0.4, 0.5) is 5.69 Å². The Kier molecular flexibility index (Phi) is 7.63. The van der Waals surface area contributed by atoms with E-state index in [0.29, 0.717) is 17.5 Å². The van der Waals surface area contributed by atoms with E-state index in [1.165, 1.54) is 37.4 Å². The molecule has 1 aliphatic carbocycles. The van der Waals surface area contributed by atoms with Crippen LogP contribution in [0.1, 0.15) is 44.1 Å². The number of nitrogens with zero attached hydrogens (tertiary/aromatic N) is 1. The molecule has 0 saturated heterocycles. The molecule has 1 aromatic carbocycles. The highest BCUT2D eigenvalue weighted by Gasteiger charge is 2.21. The van der Waals surface area contributed by atoms with Crippen LogP contribution < -0.4 is 5.32 Å². The largest absolute Gasteiger partial charge is 0.342 e. The fourth-order valence-corrected chi connectivity index (χ4v) is 3.84. The number of thioether (sulfide) groups is 1. The normalized spacial score (nSPS) is 15.6. The van der Waals surface area contributed by atoms with Gasteiger partial charge in [-0.25, -0.2) is 0 Å². The standard InChI is InChI=1S/C19H28N2O2S/c1-15-8-7-9-16(12-15)20-18(22)13-24-14-19(23)21(2)17-10-5-3-4-6-11-17/h7-9,12,17H,3-6,10-11,13-14H2,1-2H3,(H,20,22). The maximum Gasteiger partial charge on any atom is 0.234 e. The molecule has 0 spiro atoms. The van der Waals surface area contributed by atoms with Crippen molar-refractivity contribution in [2.24, 2.45) is 0 Å². The van der Waals surface area contributed by atoms with Gasteiger partial charge >= 0.3 is 0 Å². The lowest BCUT2D eigenvalue weighted by molar-refractivity contribution is -0.129. The fraction of sp³-hybridized carbons (Fsp3) is 0.579. The van der Waals surface area contributed by atoms with E-state index in [-0.39, 0.29) is 11.8 Å². The minimum absolute atomic E-state index is 0.0597. The first-order valence-corrected chi connectivity index (χ1v) is 9.91. The van der Waals surface area contributed by atoms with Crippen LogP contribution in [0.2, 0.25) is 0 Å². The summed E-state index contributed by atoms with van der Waals surface area (Å²) in [5.41, 5.74) is 1.92. The van der Waals surface area contributed by atoms with Crippen molar-refractivity contribution in [3.05, 3.63) is 29.8 Å². The van der Waals surface area contributed by atoms with Gasteiger partial charge in [-0.3, -0.25) is 9.59 Å². The summed E-state index contributed by atoms with van der Waals surface area (Å²) >= 11 is 1.39. The zero-order chi connectivity index (χ0) is 17.4. The summed E-state index contributed by atoms with van der Waals surface area (Å²) in [7, 11) is 1.91. The summed E-state index contributed by atoms with van der Waals surface area (Å²) in [6, 6.07) is 8.10. The zero-order valence-electron chi connectivity index (χ0n) is 14.7. The molecule has 24 heavy (non-hydrogen) atoms. The first kappa shape index (κ1) is 18.8. The molecule has 0 aromatic heterocycles. The summed E-state index contributed by atoms with van der Waals surface area (Å²) in [5.74, 6) is 0.748. The molecule has 1 aliphatic rings. The molecule has 0 bridgehead atoms. The summed E-state index contributed by atoms with van der Waals surface area (Å²) in [6.07, 6.45) is 7.23. The van der Waals surface area contributed by atoms with E-state index in [1.807, 2.05) is 43.1 Å². The topological polar surface area (TPSA) is 49.4 Å². The molecule has 1 aromatic rings. The molecule has 0 atom stereocenters. The second kappa shape index (κ2) is 9.72. The Morgan fingerprint density at radius 1 is 1.17 bits per heavy atom. The molecule has 0 heterocycles. The first-order chi connectivity index (χ1) is 11.6. The van der Waals surface area contributed by atoms with Crippen molar-refractivity contribution in [1.82, 2.24) is 4.90 Å². The minimum atomic E-state index is -0.0597. The zero-order valence-corrected chi connectivity index (χ0v) is 15.5. The van der Waals surface area contributed by atoms with Crippen molar-refractivity contribution in [3.63, 3.8) is 0 Å². The lowest BCUT2D eigenvalue weighted by atomic mass is 10.1. The summed E-state index contributed by atoms with van der Waals surface area (Å²) in [4.78, 5) is 26.2. The van der Waals surface area contributed by atoms with Crippen LogP contribution in [0, 0.1) is 6.92 Å². The second-order valence-corrected chi connectivity index (χ2v) is 7.55. The molecule has 0 radical (unpaired) electrons. The Hall–Kier alpha value is -1.49. The van der Waals surface area contributed by atoms with Crippen molar-refractivity contribution in [2.45, 2.75) is 51.5 Å². The van der Waals surface area contributed by atoms with Gasteiger partial charge in [-0.05, 0) is 37.5 Å². The summed E-state index contributed by atoms with van der Waals surface area (Å²) < 4.78 is 0. The molecule has 5 heteroatoms. The minimum Gasteiger partial charge on any atom is -0.342 e. The van der Waals surface area contributed by atoms with Crippen LogP contribution in [0.25, 0.3) is 0 Å². The number of amides is 2. The van der Waals surface area contributed by atoms with E-state index >= 15 is 0 Å². The number of rotatable bonds is 6. The van der Waals surface area contributed by atoms with Gasteiger partial charge in [-0.2, -0.15) is 0 Å². The van der Waals surface area contributed by atoms with E-state index in [0.717, 1.165) is 24.1 Å². The van der Waals surface area contributed by atoms with Gasteiger partial charge < -0.3 is 10.2 Å². The SMILES string of the molecule is Cc1cccc(NC(=O)CSCC(=O)N(C)C2CCCCCC2)c1. The van der Waals surface area contributed by atoms with Crippen molar-refractivity contribution >= 4 is 29.3 Å². The van der Waals surface area contributed by atoms with Gasteiger partial charge in [0.1, 0.15) is 0 Å². The van der Waals surface area contributed by atoms with E-state index in [1.54, 1.807) is 0 Å². The average molecular weight is 349 g/mol. The highest BCUT2D eigenvalue weighted by molar-refractivity contribution is 8.00. The summed E-state index contributed by atoms with van der Waals surface area (Å²) in [5, 5.41) is 2.87. The van der Waals surface area contributed by atoms with Gasteiger partial charge in [0.2, 0.25) is 11.8 Å². The Bertz CT molecular complexity index is 554. The van der Waals surface area contributed by atoms with Gasteiger partial charge in [0.05, 0.1) is 11.5 Å². The Morgan fingerprint density at radius 2 is 1.88 bits per heavy atom. The Balaban J connectivity index is 1.70. The number of carbonyl (C=O) groups excluding carboxylic acids is 2. The van der Waals surface area contributed by atoms with Crippen LogP contribution in [0.15, 0.2) is 24.3 Å². The monoisotopic (exact) mass is 348 g/mol. The molecule has 1 N–H and O–H groups in total. The van der Waals surface area contributed by atoms with Gasteiger partial charge in [0.25, 0.3) is 0 Å². The third kappa shape index (κ3) is 6.19. The third-order valence-electron chi connectivity index (χ3n) is 4.53. The third-order valence-corrected chi connectivity index (χ3v) is 5.44. The van der Waals surface area contributed by atoms with E-state index in [9.17, 15) is 9.59 Å². The van der Waals surface area contributed by atoms with Crippen LogP contribution >= 0.6 is 11.8 Å². The average Bonchev–Trinajstić information content (AvgIpc) is 2.83. The number of carbonyl (C=O) groups is 2. The molecular formula is C19H28N2O2S. The maximum absolute atomic E-state index is 12.3. The van der Waals surface area contributed by atoms with Crippen molar-refractivity contribution < 1.29 is 9.59 Å². The highest BCUT2D eigenvalue weighted by atomic mass is 32.2. The van der Waals surface area contributed by atoms with Gasteiger partial charge in [-0.15, -0.1) is 11.8 Å². The van der Waals surface area contributed by atoms with Crippen molar-refractivity contribution in [1.29, 1.82) is 0 Å². The number of anilines is 1. The Morgan fingerprint density at radius 3 is 2.54 bits per heavy atom. The quantitative estimate of drug-likeness (QED) is 0.795. The van der Waals surface area contributed by atoms with Gasteiger partial charge in [0.15, 0.2) is 0 Å². The van der Waals surface area contributed by atoms with Crippen LogP contribution in [-0.2, 0) is 9.59 Å². The molecule has 0 aliphatic heterocycles. The summed E-state index contributed by atoms with van der Waals surface area (Å²) in [6.45, 7) is 1.99. The van der Waals surface area contributed by atoms with Gasteiger partial charge in [0, 0.05) is 18.8 Å². The van der Waals surface area contributed by atoms with Gasteiger partial charge in [-0.1, -0.05) is 37.8 Å². The second-order valence-electron chi connectivity index (χ2n) is 6.56. The molecule has 2 amide bonds. The van der Waals surface area contributed by atoms with Crippen LogP contribution in [-0.4, -0.2) is 41.3 Å². The predicted octanol–water partition coefficient (Wildman–Crippen LogP) is 3.85. The number of hydrogen-bond acceptors (Lipinski definition) is 3. The van der Waals surface area contributed by atoms with Crippen molar-refractivity contribution in [3.8, 4) is 0 Å². The number of aryl methyl sites for hydroxylation is 1. The molecular weight excluding hydrogens is 320 g/mol. The molecule has 4 nitrogen and oxygen atoms in total. The molecule has 0 unspecified atom stereocenters. The lowest BCUT2D eigenvalue weighted by Crippen LogP contribution is -2.38. The van der Waals surface area contributed by atoms with Crippen LogP contribution in [0.5, 0.6) is 0 Å². The lowest BCUT2D eigenvalue weighted by Gasteiger charge is -2.27. The van der Waals surface area contributed by atoms with E-state index < -0.39 is 0 Å². The smallest absolute Gasteiger partial charge is 0.234 e. The molecule has 1 saturated carbocycles. The Labute approximate surface area is 149 Å². The van der Waals surface area contributed by atoms with E-state index in [4.69, 9.17) is 0 Å². The predicted molar refractivity (Wildman–Crippen MR) is 101 cm³/mol. The van der Waals surface area contributed by atoms with E-state index in [2.05, 4.69) is 5.32 Å². The highest BCUT2D eigenvalue weighted by Crippen LogP contribution is 2.21. The number of benzene rings is 1. The van der Waals surface area contributed by atoms with Crippen LogP contribution in [0.3, 0.4) is 0 Å². The molecule has 2 rings (SSSR count). The molecule has 132 valence electrons. The number of hydrogen-bond donors (Lipinski definition) is 1. The van der Waals surface area contributed by atoms with Crippen molar-refractivity contribution in [2.75, 3.05) is 23.9 Å². The number of nitrogens with one attached hydrogen (secondary N) is 1. The maximum atomic E-state index is 12.3.